The molecule has 1 rings (SSSR count). The molecule has 0 spiro atoms. The summed E-state index contributed by atoms with van der Waals surface area (Å²) < 4.78 is 27.7. The molecule has 256 valence electrons. The van der Waals surface area contributed by atoms with E-state index in [4.69, 9.17) is 9.05 Å². The van der Waals surface area contributed by atoms with E-state index in [-0.39, 0.29) is 0 Å². The largest absolute Gasteiger partial charge is 0.335 e. The normalized spacial score (nSPS) is 13.2. The van der Waals surface area contributed by atoms with Gasteiger partial charge in [0.15, 0.2) is 12.4 Å². The van der Waals surface area contributed by atoms with Gasteiger partial charge in [-0.1, -0.05) is 154 Å². The molecule has 0 saturated carbocycles. The van der Waals surface area contributed by atoms with E-state index < -0.39 is 7.60 Å². The predicted octanol–water partition coefficient (Wildman–Crippen LogP) is 13.0. The smallest absolute Gasteiger partial charge is 0.308 e. The molecule has 1 atom stereocenters. The molecule has 0 amide bonds. The Hall–Kier alpha value is -0.960. The molecular formula is C39H73NO3P+. The summed E-state index contributed by atoms with van der Waals surface area (Å²) in [7, 11) is -1.15. The maximum Gasteiger partial charge on any atom is 0.335 e. The summed E-state index contributed by atoms with van der Waals surface area (Å²) in [6.45, 7) is 5.61. The van der Waals surface area contributed by atoms with Crippen LogP contribution in [0.15, 0.2) is 36.7 Å². The second-order valence-electron chi connectivity index (χ2n) is 13.1. The third-order valence-corrected chi connectivity index (χ3v) is 10.6. The molecule has 0 aliphatic carbocycles. The molecule has 0 radical (unpaired) electrons. The van der Waals surface area contributed by atoms with E-state index in [0.717, 1.165) is 31.2 Å². The van der Waals surface area contributed by atoms with Crippen molar-refractivity contribution in [2.45, 2.75) is 187 Å². The summed E-state index contributed by atoms with van der Waals surface area (Å²) >= 11 is 0. The van der Waals surface area contributed by atoms with Crippen LogP contribution in [0.25, 0.3) is 0 Å². The molecule has 0 aromatic carbocycles. The number of pyridine rings is 1. The molecule has 0 aliphatic heterocycles. The first kappa shape index (κ1) is 41.1. The van der Waals surface area contributed by atoms with Crippen molar-refractivity contribution in [3.63, 3.8) is 0 Å². The zero-order valence-corrected chi connectivity index (χ0v) is 30.5. The minimum absolute atomic E-state index is 0.360. The van der Waals surface area contributed by atoms with E-state index >= 15 is 0 Å². The molecule has 44 heavy (non-hydrogen) atoms. The van der Waals surface area contributed by atoms with Crippen LogP contribution < -0.4 is 4.57 Å². The van der Waals surface area contributed by atoms with Crippen LogP contribution in [0.5, 0.6) is 0 Å². The zero-order chi connectivity index (χ0) is 31.8. The quantitative estimate of drug-likeness (QED) is 0.0334. The van der Waals surface area contributed by atoms with E-state index in [1.165, 1.54) is 141 Å². The molecule has 0 fully saturated rings. The van der Waals surface area contributed by atoms with Gasteiger partial charge < -0.3 is 9.05 Å². The number of allylic oxidation sites excluding steroid dienone is 2. The first-order chi connectivity index (χ1) is 21.6. The summed E-state index contributed by atoms with van der Waals surface area (Å²) in [6.07, 6.45) is 42.8. The minimum atomic E-state index is -3.15. The van der Waals surface area contributed by atoms with E-state index in [9.17, 15) is 4.57 Å². The lowest BCUT2D eigenvalue weighted by atomic mass is 10.1. The molecular weight excluding hydrogens is 561 g/mol. The van der Waals surface area contributed by atoms with Crippen molar-refractivity contribution in [2.75, 3.05) is 13.2 Å². The molecule has 4 nitrogen and oxygen atoms in total. The van der Waals surface area contributed by atoms with Crippen LogP contribution in [0.2, 0.25) is 0 Å². The van der Waals surface area contributed by atoms with Crippen LogP contribution in [0, 0.1) is 0 Å². The number of aryl methyl sites for hydroxylation is 1. The topological polar surface area (TPSA) is 39.4 Å². The standard InChI is InChI=1S/C39H73NO3P/c1-4-6-8-10-12-14-16-18-19-20-21-23-25-27-29-31-37-43-44(41,38-39-32-34-40(3)35-33-39)42-36-30-28-26-24-22-17-15-13-11-9-7-5-2/h18-19,32-35H,4-17,20-31,36-38H2,1-3H3/q+1/b19-18-. The van der Waals surface area contributed by atoms with Gasteiger partial charge in [0, 0.05) is 12.1 Å². The second kappa shape index (κ2) is 30.7. The number of rotatable bonds is 33. The Kier molecular flexibility index (Phi) is 28.6. The maximum absolute atomic E-state index is 13.7. The SMILES string of the molecule is CCCCCCCC/C=C\CCCCCCCCOP(=O)(Cc1cc[n+](C)cc1)OCCCCCCCCCCCCCC. The number of unbranched alkanes of at least 4 members (excludes halogenated alkanes) is 23. The highest BCUT2D eigenvalue weighted by Crippen LogP contribution is 2.51. The monoisotopic (exact) mass is 635 g/mol. The molecule has 0 aliphatic rings. The summed E-state index contributed by atoms with van der Waals surface area (Å²) in [5.41, 5.74) is 1.02. The second-order valence-corrected chi connectivity index (χ2v) is 15.2. The summed E-state index contributed by atoms with van der Waals surface area (Å²) in [5.74, 6) is 0. The van der Waals surface area contributed by atoms with Gasteiger partial charge in [-0.3, -0.25) is 4.57 Å². The molecule has 1 unspecified atom stereocenters. The Balaban J connectivity index is 2.15. The maximum atomic E-state index is 13.7. The Morgan fingerprint density at radius 3 is 1.27 bits per heavy atom. The molecule has 1 aromatic rings. The van der Waals surface area contributed by atoms with Crippen LogP contribution >= 0.6 is 7.60 Å². The fraction of sp³-hybridized carbons (Fsp3) is 0.821. The molecule has 0 saturated heterocycles. The highest BCUT2D eigenvalue weighted by Gasteiger charge is 2.25. The van der Waals surface area contributed by atoms with Crippen LogP contribution in [-0.4, -0.2) is 13.2 Å². The van der Waals surface area contributed by atoms with Gasteiger partial charge in [-0.2, -0.15) is 0 Å². The van der Waals surface area contributed by atoms with Crippen molar-refractivity contribution < 1.29 is 18.2 Å². The number of hydrogen-bond acceptors (Lipinski definition) is 3. The highest BCUT2D eigenvalue weighted by atomic mass is 31.2. The van der Waals surface area contributed by atoms with Gasteiger partial charge in [0.2, 0.25) is 0 Å². The highest BCUT2D eigenvalue weighted by molar-refractivity contribution is 7.53. The molecule has 1 aromatic heterocycles. The summed E-state index contributed by atoms with van der Waals surface area (Å²) in [6, 6.07) is 4.04. The summed E-state index contributed by atoms with van der Waals surface area (Å²) in [5, 5.41) is 0. The van der Waals surface area contributed by atoms with Crippen molar-refractivity contribution >= 4 is 7.60 Å². The summed E-state index contributed by atoms with van der Waals surface area (Å²) in [4.78, 5) is 0. The average Bonchev–Trinajstić information content (AvgIpc) is 3.02. The van der Waals surface area contributed by atoms with E-state index in [1.807, 2.05) is 36.1 Å². The van der Waals surface area contributed by atoms with Gasteiger partial charge in [-0.25, -0.2) is 4.57 Å². The average molecular weight is 635 g/mol. The van der Waals surface area contributed by atoms with Gasteiger partial charge in [-0.05, 0) is 44.1 Å². The van der Waals surface area contributed by atoms with Gasteiger partial charge in [0.05, 0.1) is 19.4 Å². The first-order valence-electron chi connectivity index (χ1n) is 19.1. The third kappa shape index (κ3) is 26.3. The molecule has 0 N–H and O–H groups in total. The van der Waals surface area contributed by atoms with Crippen LogP contribution in [0.1, 0.15) is 186 Å². The lowest BCUT2D eigenvalue weighted by Crippen LogP contribution is -2.25. The van der Waals surface area contributed by atoms with Crippen molar-refractivity contribution in [2.24, 2.45) is 7.05 Å². The van der Waals surface area contributed by atoms with Crippen LogP contribution in [0.3, 0.4) is 0 Å². The van der Waals surface area contributed by atoms with Gasteiger partial charge in [0.25, 0.3) is 0 Å². The number of nitrogens with zero attached hydrogens (tertiary/aromatic N) is 1. The van der Waals surface area contributed by atoms with E-state index in [0.29, 0.717) is 19.4 Å². The number of hydrogen-bond donors (Lipinski definition) is 0. The lowest BCUT2D eigenvalue weighted by Gasteiger charge is -2.19. The fourth-order valence-corrected chi connectivity index (χ4v) is 7.42. The van der Waals surface area contributed by atoms with Crippen LogP contribution in [0.4, 0.5) is 0 Å². The Bertz CT molecular complexity index is 810. The Morgan fingerprint density at radius 2 is 0.886 bits per heavy atom. The van der Waals surface area contributed by atoms with Gasteiger partial charge >= 0.3 is 7.60 Å². The third-order valence-electron chi connectivity index (χ3n) is 8.65. The van der Waals surface area contributed by atoms with Crippen molar-refractivity contribution in [1.82, 2.24) is 0 Å². The Labute approximate surface area is 274 Å². The van der Waals surface area contributed by atoms with E-state index in [1.54, 1.807) is 0 Å². The Morgan fingerprint density at radius 1 is 0.545 bits per heavy atom. The van der Waals surface area contributed by atoms with Crippen molar-refractivity contribution in [3.05, 3.63) is 42.2 Å². The molecule has 5 heteroatoms. The van der Waals surface area contributed by atoms with Crippen LogP contribution in [-0.2, 0) is 26.8 Å². The first-order valence-corrected chi connectivity index (χ1v) is 20.8. The minimum Gasteiger partial charge on any atom is -0.308 e. The number of aromatic nitrogens is 1. The predicted molar refractivity (Wildman–Crippen MR) is 191 cm³/mol. The zero-order valence-electron chi connectivity index (χ0n) is 29.6. The lowest BCUT2D eigenvalue weighted by molar-refractivity contribution is -0.671. The van der Waals surface area contributed by atoms with Crippen molar-refractivity contribution in [1.29, 1.82) is 0 Å². The van der Waals surface area contributed by atoms with Crippen molar-refractivity contribution in [3.8, 4) is 0 Å². The van der Waals surface area contributed by atoms with E-state index in [2.05, 4.69) is 26.0 Å². The molecule has 0 bridgehead atoms. The van der Waals surface area contributed by atoms with Gasteiger partial charge in [-0.15, -0.1) is 0 Å². The molecule has 1 heterocycles. The fourth-order valence-electron chi connectivity index (χ4n) is 5.69. The van der Waals surface area contributed by atoms with Gasteiger partial charge in [0.1, 0.15) is 7.05 Å².